The van der Waals surface area contributed by atoms with Gasteiger partial charge >= 0.3 is 0 Å². The number of rotatable bonds is 3. The summed E-state index contributed by atoms with van der Waals surface area (Å²) in [4.78, 5) is 12.1. The van der Waals surface area contributed by atoms with Crippen molar-refractivity contribution in [3.63, 3.8) is 0 Å². The molecule has 21 heavy (non-hydrogen) atoms. The van der Waals surface area contributed by atoms with Crippen molar-refractivity contribution in [2.45, 2.75) is 0 Å². The number of fused-ring (bicyclic) bond motifs is 1. The number of ether oxygens (including phenoxy) is 1. The quantitative estimate of drug-likeness (QED) is 0.453. The Kier molecular flexibility index (Phi) is 3.39. The van der Waals surface area contributed by atoms with Gasteiger partial charge in [0.2, 0.25) is 5.43 Å². The highest BCUT2D eigenvalue weighted by molar-refractivity contribution is 5.86. The van der Waals surface area contributed by atoms with E-state index in [0.29, 0.717) is 22.5 Å². The minimum Gasteiger partial charge on any atom is -0.463 e. The summed E-state index contributed by atoms with van der Waals surface area (Å²) < 4.78 is 11.0. The molecular weight excluding hydrogens is 270 g/mol. The molecule has 0 saturated carbocycles. The molecule has 0 spiro atoms. The van der Waals surface area contributed by atoms with Crippen molar-refractivity contribution in [1.82, 2.24) is 0 Å². The lowest BCUT2D eigenvalue weighted by molar-refractivity contribution is 0.321. The Labute approximate surface area is 119 Å². The normalized spacial score (nSPS) is 11.0. The number of oxime groups is 1. The van der Waals surface area contributed by atoms with E-state index in [1.54, 1.807) is 18.2 Å². The standard InChI is InChI=1S/C16H11NO4/c18-16-11(9-17-19)10-20-15-8-13(6-7-14(15)16)21-12-4-2-1-3-5-12/h1-10,19H. The second-order valence-corrected chi connectivity index (χ2v) is 4.34. The van der Waals surface area contributed by atoms with E-state index < -0.39 is 0 Å². The van der Waals surface area contributed by atoms with Crippen LogP contribution in [0.25, 0.3) is 11.0 Å². The zero-order valence-corrected chi connectivity index (χ0v) is 10.9. The van der Waals surface area contributed by atoms with Gasteiger partial charge in [0.15, 0.2) is 0 Å². The SMILES string of the molecule is O=c1c(C=NO)coc2cc(Oc3ccccc3)ccc12. The van der Waals surface area contributed by atoms with E-state index in [0.717, 1.165) is 6.21 Å². The number of nitrogens with zero attached hydrogens (tertiary/aromatic N) is 1. The first kappa shape index (κ1) is 12.9. The predicted molar refractivity (Wildman–Crippen MR) is 78.4 cm³/mol. The van der Waals surface area contributed by atoms with E-state index in [2.05, 4.69) is 5.16 Å². The largest absolute Gasteiger partial charge is 0.463 e. The average molecular weight is 281 g/mol. The highest BCUT2D eigenvalue weighted by Gasteiger charge is 2.07. The number of hydrogen-bond acceptors (Lipinski definition) is 5. The van der Waals surface area contributed by atoms with Crippen LogP contribution in [0, 0.1) is 0 Å². The monoisotopic (exact) mass is 281 g/mol. The van der Waals surface area contributed by atoms with Gasteiger partial charge in [0.25, 0.3) is 0 Å². The lowest BCUT2D eigenvalue weighted by atomic mass is 10.2. The summed E-state index contributed by atoms with van der Waals surface area (Å²) in [5.74, 6) is 1.27. The fourth-order valence-corrected chi connectivity index (χ4v) is 1.96. The molecule has 1 heterocycles. The fourth-order valence-electron chi connectivity index (χ4n) is 1.96. The molecule has 0 aliphatic rings. The second-order valence-electron chi connectivity index (χ2n) is 4.34. The van der Waals surface area contributed by atoms with Crippen molar-refractivity contribution in [2.24, 2.45) is 5.16 Å². The van der Waals surface area contributed by atoms with Crippen molar-refractivity contribution in [3.05, 3.63) is 70.6 Å². The van der Waals surface area contributed by atoms with Crippen LogP contribution in [0.4, 0.5) is 0 Å². The van der Waals surface area contributed by atoms with Crippen molar-refractivity contribution >= 4 is 17.2 Å². The highest BCUT2D eigenvalue weighted by atomic mass is 16.5. The lowest BCUT2D eigenvalue weighted by Crippen LogP contribution is -2.07. The summed E-state index contributed by atoms with van der Waals surface area (Å²) in [5.41, 5.74) is 0.325. The van der Waals surface area contributed by atoms with E-state index in [-0.39, 0.29) is 11.0 Å². The first-order valence-corrected chi connectivity index (χ1v) is 6.24. The van der Waals surface area contributed by atoms with E-state index in [4.69, 9.17) is 14.4 Å². The summed E-state index contributed by atoms with van der Waals surface area (Å²) in [5, 5.41) is 11.7. The van der Waals surface area contributed by atoms with Crippen LogP contribution in [0.5, 0.6) is 11.5 Å². The van der Waals surface area contributed by atoms with Crippen LogP contribution < -0.4 is 10.2 Å². The van der Waals surface area contributed by atoms with E-state index in [1.165, 1.54) is 6.26 Å². The van der Waals surface area contributed by atoms with Gasteiger partial charge in [-0.2, -0.15) is 0 Å². The minimum absolute atomic E-state index is 0.182. The zero-order valence-electron chi connectivity index (χ0n) is 10.9. The molecule has 5 heteroatoms. The molecule has 0 fully saturated rings. The third-order valence-electron chi connectivity index (χ3n) is 2.95. The zero-order chi connectivity index (χ0) is 14.7. The maximum atomic E-state index is 12.1. The molecule has 0 amide bonds. The van der Waals surface area contributed by atoms with Crippen molar-refractivity contribution in [1.29, 1.82) is 0 Å². The lowest BCUT2D eigenvalue weighted by Gasteiger charge is -2.06. The smallest absolute Gasteiger partial charge is 0.201 e. The topological polar surface area (TPSA) is 72.0 Å². The third-order valence-corrected chi connectivity index (χ3v) is 2.95. The molecule has 0 aliphatic carbocycles. The molecule has 0 bridgehead atoms. The first-order chi connectivity index (χ1) is 10.3. The van der Waals surface area contributed by atoms with Crippen LogP contribution >= 0.6 is 0 Å². The van der Waals surface area contributed by atoms with Gasteiger partial charge in [0.05, 0.1) is 17.2 Å². The van der Waals surface area contributed by atoms with Crippen LogP contribution in [-0.2, 0) is 0 Å². The number of hydrogen-bond donors (Lipinski definition) is 1. The highest BCUT2D eigenvalue weighted by Crippen LogP contribution is 2.24. The Hall–Kier alpha value is -3.08. The van der Waals surface area contributed by atoms with Crippen LogP contribution in [-0.4, -0.2) is 11.4 Å². The maximum Gasteiger partial charge on any atom is 0.201 e. The Morgan fingerprint density at radius 1 is 1.10 bits per heavy atom. The summed E-state index contributed by atoms with van der Waals surface area (Å²) in [6, 6.07) is 14.3. The van der Waals surface area contributed by atoms with Crippen LogP contribution in [0.3, 0.4) is 0 Å². The summed E-state index contributed by atoms with van der Waals surface area (Å²) >= 11 is 0. The molecular formula is C16H11NO4. The van der Waals surface area contributed by atoms with Gasteiger partial charge in [-0.25, -0.2) is 0 Å². The van der Waals surface area contributed by atoms with E-state index in [9.17, 15) is 4.79 Å². The van der Waals surface area contributed by atoms with Gasteiger partial charge in [-0.3, -0.25) is 4.79 Å². The van der Waals surface area contributed by atoms with Crippen molar-refractivity contribution in [3.8, 4) is 11.5 Å². The van der Waals surface area contributed by atoms with Crippen LogP contribution in [0.15, 0.2) is 69.2 Å². The van der Waals surface area contributed by atoms with Crippen molar-refractivity contribution < 1.29 is 14.4 Å². The molecule has 0 unspecified atom stereocenters. The molecule has 1 N–H and O–H groups in total. The molecule has 0 radical (unpaired) electrons. The second kappa shape index (κ2) is 5.50. The summed E-state index contributed by atoms with van der Waals surface area (Å²) in [7, 11) is 0. The third kappa shape index (κ3) is 2.62. The molecule has 0 saturated heterocycles. The maximum absolute atomic E-state index is 12.1. The molecule has 5 nitrogen and oxygen atoms in total. The average Bonchev–Trinajstić information content (AvgIpc) is 2.51. The Morgan fingerprint density at radius 3 is 2.67 bits per heavy atom. The van der Waals surface area contributed by atoms with E-state index in [1.807, 2.05) is 30.3 Å². The van der Waals surface area contributed by atoms with Gasteiger partial charge in [-0.05, 0) is 24.3 Å². The molecule has 104 valence electrons. The van der Waals surface area contributed by atoms with Crippen LogP contribution in [0.2, 0.25) is 0 Å². The number of benzene rings is 2. The van der Waals surface area contributed by atoms with Gasteiger partial charge in [0, 0.05) is 6.07 Å². The minimum atomic E-state index is -0.264. The fraction of sp³-hybridized carbons (Fsp3) is 0. The van der Waals surface area contributed by atoms with Gasteiger partial charge < -0.3 is 14.4 Å². The van der Waals surface area contributed by atoms with Gasteiger partial charge in [-0.1, -0.05) is 23.4 Å². The Morgan fingerprint density at radius 2 is 1.90 bits per heavy atom. The van der Waals surface area contributed by atoms with Crippen LogP contribution in [0.1, 0.15) is 5.56 Å². The molecule has 0 atom stereocenters. The molecule has 2 aromatic carbocycles. The first-order valence-electron chi connectivity index (χ1n) is 6.24. The molecule has 1 aromatic heterocycles. The summed E-state index contributed by atoms with van der Waals surface area (Å²) in [6.45, 7) is 0. The van der Waals surface area contributed by atoms with E-state index >= 15 is 0 Å². The molecule has 3 rings (SSSR count). The van der Waals surface area contributed by atoms with Gasteiger partial charge in [0.1, 0.15) is 23.3 Å². The van der Waals surface area contributed by atoms with Crippen molar-refractivity contribution in [2.75, 3.05) is 0 Å². The Balaban J connectivity index is 2.02. The molecule has 0 aliphatic heterocycles. The van der Waals surface area contributed by atoms with Gasteiger partial charge in [-0.15, -0.1) is 0 Å². The summed E-state index contributed by atoms with van der Waals surface area (Å²) in [6.07, 6.45) is 2.29. The molecule has 3 aromatic rings. The number of para-hydroxylation sites is 1. The Bertz CT molecular complexity index is 853. The predicted octanol–water partition coefficient (Wildman–Crippen LogP) is 3.39.